The minimum absolute atomic E-state index is 0. The molecular weight excluding hydrogens is 261 g/mol. The summed E-state index contributed by atoms with van der Waals surface area (Å²) in [5.41, 5.74) is 0.862. The number of pyridine rings is 1. The molecule has 0 radical (unpaired) electrons. The highest BCUT2D eigenvalue weighted by molar-refractivity contribution is 5.85. The number of aliphatic hydroxyl groups is 1. The summed E-state index contributed by atoms with van der Waals surface area (Å²) in [6, 6.07) is 5.75. The van der Waals surface area contributed by atoms with Gasteiger partial charge in [0.05, 0.1) is 0 Å². The predicted molar refractivity (Wildman–Crippen MR) is 71.7 cm³/mol. The highest BCUT2D eigenvalue weighted by Crippen LogP contribution is 2.13. The molecule has 0 aliphatic rings. The number of aromatic nitrogens is 3. The van der Waals surface area contributed by atoms with Crippen molar-refractivity contribution in [1.82, 2.24) is 14.5 Å². The molecule has 0 atom stereocenters. The van der Waals surface area contributed by atoms with E-state index in [1.54, 1.807) is 12.4 Å². The van der Waals surface area contributed by atoms with Gasteiger partial charge in [0, 0.05) is 31.7 Å². The first-order valence-electron chi connectivity index (χ1n) is 4.95. The molecule has 1 N–H and O–H groups in total. The van der Waals surface area contributed by atoms with Crippen LogP contribution in [0.2, 0.25) is 0 Å². The van der Waals surface area contributed by atoms with Crippen LogP contribution in [-0.4, -0.2) is 26.2 Å². The Kier molecular flexibility index (Phi) is 7.54. The van der Waals surface area contributed by atoms with Gasteiger partial charge in [0.2, 0.25) is 0 Å². The maximum Gasteiger partial charge on any atom is 0.158 e. The third-order valence-corrected chi connectivity index (χ3v) is 2.17. The van der Waals surface area contributed by atoms with E-state index in [2.05, 4.69) is 9.97 Å². The number of aliphatic hydroxyl groups excluding tert-OH is 1. The molecule has 4 nitrogen and oxygen atoms in total. The lowest BCUT2D eigenvalue weighted by Crippen LogP contribution is -2.02. The van der Waals surface area contributed by atoms with E-state index in [9.17, 15) is 0 Å². The molecule has 2 rings (SSSR count). The fourth-order valence-corrected chi connectivity index (χ4v) is 1.46. The van der Waals surface area contributed by atoms with Crippen molar-refractivity contribution in [2.75, 3.05) is 6.61 Å². The van der Waals surface area contributed by atoms with Gasteiger partial charge in [-0.05, 0) is 18.6 Å². The summed E-state index contributed by atoms with van der Waals surface area (Å²) < 4.78 is 2.00. The van der Waals surface area contributed by atoms with Crippen molar-refractivity contribution < 1.29 is 5.11 Å². The fraction of sp³-hybridized carbons (Fsp3) is 0.273. The standard InChI is InChI=1S/C11H13N3O.2ClH/c15-9-3-7-14-8-6-13-11(14)10-4-1-2-5-12-10;;/h1-2,4-6,8,15H,3,7,9H2;2*1H. The zero-order valence-corrected chi connectivity index (χ0v) is 10.8. The first-order chi connectivity index (χ1) is 7.42. The molecular formula is C11H15Cl2N3O. The molecule has 0 bridgehead atoms. The van der Waals surface area contributed by atoms with Gasteiger partial charge in [-0.3, -0.25) is 4.98 Å². The van der Waals surface area contributed by atoms with Crippen LogP contribution in [0.15, 0.2) is 36.8 Å². The Balaban J connectivity index is 0.00000128. The van der Waals surface area contributed by atoms with Crippen LogP contribution in [-0.2, 0) is 6.54 Å². The highest BCUT2D eigenvalue weighted by atomic mass is 35.5. The topological polar surface area (TPSA) is 50.9 Å². The van der Waals surface area contributed by atoms with Gasteiger partial charge in [0.1, 0.15) is 5.69 Å². The Morgan fingerprint density at radius 2 is 1.94 bits per heavy atom. The molecule has 0 aliphatic heterocycles. The van der Waals surface area contributed by atoms with Crippen LogP contribution in [0.5, 0.6) is 0 Å². The smallest absolute Gasteiger partial charge is 0.158 e. The van der Waals surface area contributed by atoms with Crippen LogP contribution in [0.4, 0.5) is 0 Å². The van der Waals surface area contributed by atoms with Gasteiger partial charge in [-0.1, -0.05) is 6.07 Å². The minimum atomic E-state index is 0. The van der Waals surface area contributed by atoms with Gasteiger partial charge in [-0.15, -0.1) is 24.8 Å². The maximum atomic E-state index is 8.78. The van der Waals surface area contributed by atoms with Crippen LogP contribution in [0.3, 0.4) is 0 Å². The van der Waals surface area contributed by atoms with Crippen molar-refractivity contribution in [1.29, 1.82) is 0 Å². The predicted octanol–water partition coefficient (Wildman–Crippen LogP) is 2.17. The summed E-state index contributed by atoms with van der Waals surface area (Å²) in [5, 5.41) is 8.78. The number of hydrogen-bond donors (Lipinski definition) is 1. The van der Waals surface area contributed by atoms with Crippen LogP contribution >= 0.6 is 24.8 Å². The lowest BCUT2D eigenvalue weighted by atomic mass is 10.3. The Morgan fingerprint density at radius 1 is 1.12 bits per heavy atom. The van der Waals surface area contributed by atoms with Crippen molar-refractivity contribution in [3.8, 4) is 11.5 Å². The molecule has 0 fully saturated rings. The average molecular weight is 276 g/mol. The van der Waals surface area contributed by atoms with E-state index >= 15 is 0 Å². The SMILES string of the molecule is Cl.Cl.OCCCn1ccnc1-c1ccccn1. The second kappa shape index (κ2) is 8.06. The molecule has 0 aromatic carbocycles. The lowest BCUT2D eigenvalue weighted by molar-refractivity contribution is 0.280. The summed E-state index contributed by atoms with van der Waals surface area (Å²) in [7, 11) is 0. The van der Waals surface area contributed by atoms with Crippen LogP contribution in [0.1, 0.15) is 6.42 Å². The molecule has 0 amide bonds. The van der Waals surface area contributed by atoms with Crippen molar-refractivity contribution in [3.63, 3.8) is 0 Å². The molecule has 0 saturated heterocycles. The first kappa shape index (κ1) is 15.9. The molecule has 0 spiro atoms. The maximum absolute atomic E-state index is 8.78. The number of aryl methyl sites for hydroxylation is 1. The van der Waals surface area contributed by atoms with E-state index in [1.807, 2.05) is 29.0 Å². The molecule has 2 heterocycles. The van der Waals surface area contributed by atoms with Gasteiger partial charge < -0.3 is 9.67 Å². The van der Waals surface area contributed by atoms with E-state index in [0.29, 0.717) is 0 Å². The highest BCUT2D eigenvalue weighted by Gasteiger charge is 2.05. The monoisotopic (exact) mass is 275 g/mol. The quantitative estimate of drug-likeness (QED) is 0.931. The Labute approximate surface area is 113 Å². The second-order valence-corrected chi connectivity index (χ2v) is 3.24. The van der Waals surface area contributed by atoms with Crippen molar-refractivity contribution >= 4 is 24.8 Å². The van der Waals surface area contributed by atoms with Gasteiger partial charge in [-0.2, -0.15) is 0 Å². The van der Waals surface area contributed by atoms with Gasteiger partial charge in [0.25, 0.3) is 0 Å². The Hall–Kier alpha value is -1.10. The summed E-state index contributed by atoms with van der Waals surface area (Å²) in [6.07, 6.45) is 6.14. The molecule has 0 aliphatic carbocycles. The molecule has 17 heavy (non-hydrogen) atoms. The largest absolute Gasteiger partial charge is 0.396 e. The van der Waals surface area contributed by atoms with Crippen molar-refractivity contribution in [3.05, 3.63) is 36.8 Å². The van der Waals surface area contributed by atoms with Crippen LogP contribution in [0.25, 0.3) is 11.5 Å². The molecule has 0 unspecified atom stereocenters. The van der Waals surface area contributed by atoms with Gasteiger partial charge in [-0.25, -0.2) is 4.98 Å². The zero-order valence-electron chi connectivity index (χ0n) is 9.19. The molecule has 0 saturated carbocycles. The summed E-state index contributed by atoms with van der Waals surface area (Å²) in [4.78, 5) is 8.50. The fourth-order valence-electron chi connectivity index (χ4n) is 1.46. The average Bonchev–Trinajstić information content (AvgIpc) is 2.75. The third kappa shape index (κ3) is 4.00. The number of nitrogens with zero attached hydrogens (tertiary/aromatic N) is 3. The van der Waals surface area contributed by atoms with Crippen LogP contribution in [0, 0.1) is 0 Å². The van der Waals surface area contributed by atoms with Gasteiger partial charge in [0.15, 0.2) is 5.82 Å². The first-order valence-corrected chi connectivity index (χ1v) is 4.95. The number of halogens is 2. The molecule has 6 heteroatoms. The lowest BCUT2D eigenvalue weighted by Gasteiger charge is -2.05. The normalized spacial score (nSPS) is 9.24. The summed E-state index contributed by atoms with van der Waals surface area (Å²) in [5.74, 6) is 0.851. The summed E-state index contributed by atoms with van der Waals surface area (Å²) in [6.45, 7) is 0.961. The van der Waals surface area contributed by atoms with Gasteiger partial charge >= 0.3 is 0 Å². The van der Waals surface area contributed by atoms with E-state index in [1.165, 1.54) is 0 Å². The molecule has 2 aromatic rings. The number of imidazole rings is 1. The number of rotatable bonds is 4. The second-order valence-electron chi connectivity index (χ2n) is 3.24. The van der Waals surface area contributed by atoms with E-state index in [-0.39, 0.29) is 31.4 Å². The van der Waals surface area contributed by atoms with Crippen LogP contribution < -0.4 is 0 Å². The van der Waals surface area contributed by atoms with Crippen molar-refractivity contribution in [2.24, 2.45) is 0 Å². The number of hydrogen-bond acceptors (Lipinski definition) is 3. The Morgan fingerprint density at radius 3 is 2.59 bits per heavy atom. The summed E-state index contributed by atoms with van der Waals surface area (Å²) >= 11 is 0. The van der Waals surface area contributed by atoms with E-state index < -0.39 is 0 Å². The molecule has 2 aromatic heterocycles. The molecule has 94 valence electrons. The van der Waals surface area contributed by atoms with E-state index in [0.717, 1.165) is 24.5 Å². The zero-order chi connectivity index (χ0) is 10.5. The third-order valence-electron chi connectivity index (χ3n) is 2.17. The van der Waals surface area contributed by atoms with Crippen molar-refractivity contribution in [2.45, 2.75) is 13.0 Å². The van der Waals surface area contributed by atoms with E-state index in [4.69, 9.17) is 5.11 Å². The minimum Gasteiger partial charge on any atom is -0.396 e. The Bertz CT molecular complexity index is 420.